The van der Waals surface area contributed by atoms with Gasteiger partial charge in [0.1, 0.15) is 11.6 Å². The maximum atomic E-state index is 13.7. The molecule has 6 radical (unpaired) electrons. The van der Waals surface area contributed by atoms with E-state index in [2.05, 4.69) is 5.32 Å². The molecule has 4 aromatic rings. The molecule has 1 unspecified atom stereocenters. The molecule has 5 heterocycles. The molecule has 0 spiro atoms. The van der Waals surface area contributed by atoms with E-state index in [-0.39, 0.29) is 17.4 Å². The number of benzene rings is 2. The lowest BCUT2D eigenvalue weighted by molar-refractivity contribution is -0.0507. The Morgan fingerprint density at radius 2 is 1.90 bits per heavy atom. The summed E-state index contributed by atoms with van der Waals surface area (Å²) in [6.07, 6.45) is 4.35. The molecule has 1 fully saturated rings. The van der Waals surface area contributed by atoms with Crippen molar-refractivity contribution in [1.29, 1.82) is 0 Å². The van der Waals surface area contributed by atoms with Crippen molar-refractivity contribution in [1.82, 2.24) is 24.8 Å². The zero-order valence-corrected chi connectivity index (χ0v) is 21.4. The summed E-state index contributed by atoms with van der Waals surface area (Å²) >= 11 is 0. The number of halogens is 2. The summed E-state index contributed by atoms with van der Waals surface area (Å²) in [6.45, 7) is -2.08. The van der Waals surface area contributed by atoms with Crippen molar-refractivity contribution in [2.45, 2.75) is 49.2 Å². The van der Waals surface area contributed by atoms with Crippen molar-refractivity contribution >= 4 is 40.5 Å². The molecule has 1 saturated heterocycles. The van der Waals surface area contributed by atoms with Gasteiger partial charge < -0.3 is 19.5 Å². The summed E-state index contributed by atoms with van der Waals surface area (Å²) in [6, 6.07) is 13.4. The van der Waals surface area contributed by atoms with Crippen molar-refractivity contribution in [3.8, 4) is 16.9 Å². The Bertz CT molecular complexity index is 1630. The average molecular weight is 531 g/mol. The van der Waals surface area contributed by atoms with Crippen molar-refractivity contribution in [3.05, 3.63) is 77.4 Å². The fourth-order valence-electron chi connectivity index (χ4n) is 6.45. The summed E-state index contributed by atoms with van der Waals surface area (Å²) in [5.74, 6) is -0.139. The minimum atomic E-state index is -3.07. The molecule has 0 aliphatic carbocycles. The zero-order chi connectivity index (χ0) is 27.8. The molecule has 3 aliphatic heterocycles. The summed E-state index contributed by atoms with van der Waals surface area (Å²) in [4.78, 5) is 24.4. The van der Waals surface area contributed by atoms with Crippen LogP contribution in [0.1, 0.15) is 64.8 Å². The van der Waals surface area contributed by atoms with Crippen LogP contribution in [-0.2, 0) is 0 Å². The predicted molar refractivity (Wildman–Crippen MR) is 148 cm³/mol. The van der Waals surface area contributed by atoms with Crippen LogP contribution in [0.4, 0.5) is 8.78 Å². The third kappa shape index (κ3) is 3.95. The number of nitrogens with one attached hydrogen (secondary N) is 1. The molecule has 194 valence electrons. The van der Waals surface area contributed by atoms with E-state index in [9.17, 15) is 13.6 Å². The van der Waals surface area contributed by atoms with Crippen LogP contribution in [0.3, 0.4) is 0 Å². The van der Waals surface area contributed by atoms with Crippen LogP contribution in [0.15, 0.2) is 54.7 Å². The summed E-state index contributed by atoms with van der Waals surface area (Å²) in [5, 5.41) is 1.44. The molecule has 1 amide bonds. The van der Waals surface area contributed by atoms with E-state index in [1.54, 1.807) is 6.07 Å². The molecular formula is C28H22B3F2N5O2. The summed E-state index contributed by atoms with van der Waals surface area (Å²) in [5.41, 5.74) is 4.78. The van der Waals surface area contributed by atoms with Crippen molar-refractivity contribution in [3.63, 3.8) is 0 Å². The van der Waals surface area contributed by atoms with Gasteiger partial charge in [-0.2, -0.15) is 8.78 Å². The highest BCUT2D eigenvalue weighted by Crippen LogP contribution is 2.51. The third-order valence-electron chi connectivity index (χ3n) is 8.10. The Morgan fingerprint density at radius 1 is 1.07 bits per heavy atom. The van der Waals surface area contributed by atoms with Gasteiger partial charge in [-0.3, -0.25) is 9.78 Å². The monoisotopic (exact) mass is 531 g/mol. The lowest BCUT2D eigenvalue weighted by Crippen LogP contribution is -2.54. The van der Waals surface area contributed by atoms with Gasteiger partial charge in [-0.05, 0) is 55.3 Å². The van der Waals surface area contributed by atoms with E-state index < -0.39 is 29.8 Å². The molecule has 0 saturated carbocycles. The number of alkyl halides is 2. The van der Waals surface area contributed by atoms with Crippen molar-refractivity contribution in [2.24, 2.45) is 0 Å². The largest absolute Gasteiger partial charge is 0.434 e. The van der Waals surface area contributed by atoms with Gasteiger partial charge in [-0.25, -0.2) is 4.98 Å². The molecular weight excluding hydrogens is 509 g/mol. The lowest BCUT2D eigenvalue weighted by Gasteiger charge is -2.41. The Balaban J connectivity index is 1.39. The number of imidazole rings is 1. The minimum absolute atomic E-state index is 0.0886. The van der Waals surface area contributed by atoms with Crippen LogP contribution < -0.4 is 10.1 Å². The van der Waals surface area contributed by atoms with Crippen molar-refractivity contribution < 1.29 is 18.3 Å². The van der Waals surface area contributed by atoms with Gasteiger partial charge in [-0.1, -0.05) is 23.4 Å². The fourth-order valence-corrected chi connectivity index (χ4v) is 6.45. The number of carbonyl (C=O) groups excluding carboxylic acids is 1. The normalized spacial score (nSPS) is 22.0. The van der Waals surface area contributed by atoms with Crippen LogP contribution >= 0.6 is 0 Å². The molecule has 2 aromatic heterocycles. The topological polar surface area (TPSA) is 72.3 Å². The second-order valence-corrected chi connectivity index (χ2v) is 10.6. The van der Waals surface area contributed by atoms with E-state index in [1.165, 1.54) is 17.0 Å². The average Bonchev–Trinajstić information content (AvgIpc) is 3.63. The van der Waals surface area contributed by atoms with E-state index in [4.69, 9.17) is 38.2 Å². The zero-order valence-electron chi connectivity index (χ0n) is 21.4. The SMILES string of the molecule is [B]C([B])([B])N1C(=O)c2cccc(OC(F)F)c2[C@H]2C[C@@H]1c1nc3ccc(-c4ccc(C5CCCN5)nc4)cc3n12. The number of aromatic nitrogens is 3. The molecule has 12 heteroatoms. The highest BCUT2D eigenvalue weighted by Gasteiger charge is 2.48. The van der Waals surface area contributed by atoms with E-state index in [1.807, 2.05) is 41.1 Å². The number of nitrogens with zero attached hydrogens (tertiary/aromatic N) is 4. The molecule has 1 N–H and O–H groups in total. The van der Waals surface area contributed by atoms with E-state index in [0.717, 1.165) is 41.7 Å². The third-order valence-corrected chi connectivity index (χ3v) is 8.10. The van der Waals surface area contributed by atoms with Gasteiger partial charge in [0, 0.05) is 35.3 Å². The van der Waals surface area contributed by atoms with Crippen LogP contribution in [0.25, 0.3) is 22.2 Å². The molecule has 3 aliphatic rings. The highest BCUT2D eigenvalue weighted by atomic mass is 19.3. The lowest BCUT2D eigenvalue weighted by atomic mass is 9.48. The molecule has 3 atom stereocenters. The van der Waals surface area contributed by atoms with Gasteiger partial charge >= 0.3 is 6.61 Å². The van der Waals surface area contributed by atoms with Gasteiger partial charge in [-0.15, -0.1) is 0 Å². The molecule has 40 heavy (non-hydrogen) atoms. The second kappa shape index (κ2) is 9.19. The molecule has 7 nitrogen and oxygen atoms in total. The van der Waals surface area contributed by atoms with Crippen LogP contribution in [0.5, 0.6) is 5.75 Å². The van der Waals surface area contributed by atoms with Gasteiger partial charge in [0.25, 0.3) is 5.91 Å². The summed E-state index contributed by atoms with van der Waals surface area (Å²) in [7, 11) is 18.3. The molecule has 7 rings (SSSR count). The minimum Gasteiger partial charge on any atom is -0.434 e. The standard InChI is InChI=1S/C28H22B3F2N5O2/c29-28(30,31)38-22-12-21(24-16(26(38)39)3-1-5-23(24)40-27(32)33)37-20-11-14(6-9-19(20)36-25(22)37)15-7-8-18(35-13-15)17-4-2-10-34-17/h1,3,5-9,11,13,17,21-22,27,34H,2,4,10,12H2/t17?,21-,22-/m1/s1. The number of amides is 1. The van der Waals surface area contributed by atoms with E-state index >= 15 is 0 Å². The number of carbonyl (C=O) groups is 1. The highest BCUT2D eigenvalue weighted by molar-refractivity contribution is 6.60. The molecule has 2 bridgehead atoms. The maximum absolute atomic E-state index is 13.7. The number of pyridine rings is 1. The number of hydrogen-bond donors (Lipinski definition) is 1. The molecule has 2 aromatic carbocycles. The first-order chi connectivity index (χ1) is 19.2. The van der Waals surface area contributed by atoms with Gasteiger partial charge in [0.15, 0.2) is 0 Å². The van der Waals surface area contributed by atoms with Crippen LogP contribution in [-0.4, -0.2) is 67.3 Å². The fraction of sp³-hybridized carbons (Fsp3) is 0.321. The van der Waals surface area contributed by atoms with E-state index in [0.29, 0.717) is 23.3 Å². The maximum Gasteiger partial charge on any atom is 0.387 e. The Kier molecular flexibility index (Phi) is 5.82. The Hall–Kier alpha value is -3.66. The number of fused-ring (bicyclic) bond motifs is 9. The Morgan fingerprint density at radius 3 is 2.60 bits per heavy atom. The Labute approximate surface area is 233 Å². The first-order valence-electron chi connectivity index (χ1n) is 13.2. The first-order valence-corrected chi connectivity index (χ1v) is 13.2. The second-order valence-electron chi connectivity index (χ2n) is 10.6. The smallest absolute Gasteiger partial charge is 0.387 e. The number of rotatable bonds is 5. The van der Waals surface area contributed by atoms with Crippen molar-refractivity contribution in [2.75, 3.05) is 6.54 Å². The number of hydrogen-bond acceptors (Lipinski definition) is 5. The van der Waals surface area contributed by atoms with Gasteiger partial charge in [0.2, 0.25) is 0 Å². The van der Waals surface area contributed by atoms with Gasteiger partial charge in [0.05, 0.1) is 52.3 Å². The van der Waals surface area contributed by atoms with Crippen LogP contribution in [0, 0.1) is 0 Å². The summed E-state index contributed by atoms with van der Waals surface area (Å²) < 4.78 is 33.7. The quantitative estimate of drug-likeness (QED) is 0.398. The van der Waals surface area contributed by atoms with Crippen LogP contribution in [0.2, 0.25) is 0 Å². The number of ether oxygens (including phenoxy) is 1. The first kappa shape index (κ1) is 25.3. The predicted octanol–water partition coefficient (Wildman–Crippen LogP) is 3.73.